The molecule has 0 fully saturated rings. The molecule has 0 aliphatic carbocycles. The molecular weight excluding hydrogens is 326 g/mol. The van der Waals surface area contributed by atoms with Crippen molar-refractivity contribution in [1.82, 2.24) is 0 Å². The van der Waals surface area contributed by atoms with E-state index in [2.05, 4.69) is 27.9 Å². The van der Waals surface area contributed by atoms with Gasteiger partial charge >= 0.3 is 1.43 Å². The Morgan fingerprint density at radius 3 is 1.21 bits per heavy atom. The molecule has 0 atom stereocenters. The second-order valence-electron chi connectivity index (χ2n) is 7.33. The summed E-state index contributed by atoms with van der Waals surface area (Å²) in [4.78, 5) is 0. The lowest BCUT2D eigenvalue weighted by Crippen LogP contribution is -2.41. The molecule has 0 spiro atoms. The average Bonchev–Trinajstić information content (AvgIpc) is 2.44. The number of nitrogens with zero attached hydrogens (tertiary/aromatic N) is 1. The highest BCUT2D eigenvalue weighted by molar-refractivity contribution is 7.79. The fourth-order valence-electron chi connectivity index (χ4n) is 2.75. The number of rotatable bonds is 14. The summed E-state index contributed by atoms with van der Waals surface area (Å²) in [6, 6.07) is 0. The van der Waals surface area contributed by atoms with Crippen LogP contribution < -0.4 is 0 Å². The SMILES string of the molecule is CCCCCCCCC[N+](C)(C)CCCCCCC.O=S(=O)([O-])[O-].[H+]. The lowest BCUT2D eigenvalue weighted by Gasteiger charge is -2.30. The van der Waals surface area contributed by atoms with Crippen LogP contribution in [-0.2, 0) is 10.4 Å². The molecule has 0 aromatic carbocycles. The predicted molar refractivity (Wildman–Crippen MR) is 100 cm³/mol. The zero-order valence-corrected chi connectivity index (χ0v) is 17.2. The van der Waals surface area contributed by atoms with Crippen LogP contribution in [0, 0.1) is 0 Å². The van der Waals surface area contributed by atoms with Crippen molar-refractivity contribution < 1.29 is 23.4 Å². The summed E-state index contributed by atoms with van der Waals surface area (Å²) < 4.78 is 35.3. The smallest absolute Gasteiger partial charge is 0.759 e. The quantitative estimate of drug-likeness (QED) is 0.195. The molecule has 0 radical (unpaired) electrons. The summed E-state index contributed by atoms with van der Waals surface area (Å²) in [5.41, 5.74) is 0. The van der Waals surface area contributed by atoms with Gasteiger partial charge in [0.05, 0.1) is 27.2 Å². The van der Waals surface area contributed by atoms with Crippen LogP contribution in [0.25, 0.3) is 0 Å². The van der Waals surface area contributed by atoms with Crippen molar-refractivity contribution >= 4 is 10.4 Å². The highest BCUT2D eigenvalue weighted by Crippen LogP contribution is 2.11. The Bertz CT molecular complexity index is 354. The molecule has 0 heterocycles. The Kier molecular flexibility index (Phi) is 17.7. The second kappa shape index (κ2) is 16.3. The van der Waals surface area contributed by atoms with Crippen molar-refractivity contribution in [3.05, 3.63) is 0 Å². The van der Waals surface area contributed by atoms with Crippen LogP contribution in [0.15, 0.2) is 0 Å². The summed E-state index contributed by atoms with van der Waals surface area (Å²) in [5.74, 6) is 0. The number of unbranched alkanes of at least 4 members (excludes halogenated alkanes) is 10. The second-order valence-corrected chi connectivity index (χ2v) is 8.14. The zero-order chi connectivity index (χ0) is 18.9. The van der Waals surface area contributed by atoms with Crippen LogP contribution in [0.1, 0.15) is 92.3 Å². The highest BCUT2D eigenvalue weighted by Gasteiger charge is 2.13. The third-order valence-electron chi connectivity index (χ3n) is 4.23. The Hall–Kier alpha value is -0.170. The molecule has 0 aromatic rings. The number of quaternary nitrogens is 1. The van der Waals surface area contributed by atoms with Gasteiger partial charge in [-0.25, -0.2) is 0 Å². The largest absolute Gasteiger partial charge is 1.00 e. The summed E-state index contributed by atoms with van der Waals surface area (Å²) in [6.07, 6.45) is 17.1. The van der Waals surface area contributed by atoms with Gasteiger partial charge in [-0.1, -0.05) is 65.2 Å². The summed E-state index contributed by atoms with van der Waals surface area (Å²) in [7, 11) is -0.339. The van der Waals surface area contributed by atoms with E-state index in [1.165, 1.54) is 94.6 Å². The maximum absolute atomic E-state index is 8.52. The van der Waals surface area contributed by atoms with Crippen molar-refractivity contribution in [3.8, 4) is 0 Å². The van der Waals surface area contributed by atoms with Crippen LogP contribution >= 0.6 is 0 Å². The first-order chi connectivity index (χ1) is 11.1. The van der Waals surface area contributed by atoms with E-state index in [-0.39, 0.29) is 1.43 Å². The Balaban J connectivity index is -0.000000704. The van der Waals surface area contributed by atoms with E-state index >= 15 is 0 Å². The first kappa shape index (κ1) is 26.1. The Morgan fingerprint density at radius 2 is 0.917 bits per heavy atom. The molecule has 0 aromatic heterocycles. The van der Waals surface area contributed by atoms with E-state index in [0.717, 1.165) is 0 Å². The fourth-order valence-corrected chi connectivity index (χ4v) is 2.75. The van der Waals surface area contributed by atoms with E-state index in [9.17, 15) is 0 Å². The third-order valence-corrected chi connectivity index (χ3v) is 4.23. The predicted octanol–water partition coefficient (Wildman–Crippen LogP) is 4.56. The molecule has 0 unspecified atom stereocenters. The van der Waals surface area contributed by atoms with Gasteiger partial charge in [0.2, 0.25) is 0 Å². The first-order valence-corrected chi connectivity index (χ1v) is 10.9. The molecule has 0 saturated carbocycles. The molecule has 0 aliphatic heterocycles. The van der Waals surface area contributed by atoms with Gasteiger partial charge in [0.15, 0.2) is 0 Å². The summed E-state index contributed by atoms with van der Waals surface area (Å²) in [5, 5.41) is 0. The van der Waals surface area contributed by atoms with E-state index in [4.69, 9.17) is 17.5 Å². The van der Waals surface area contributed by atoms with Gasteiger partial charge in [0, 0.05) is 10.4 Å². The van der Waals surface area contributed by atoms with E-state index in [1.807, 2.05) is 0 Å². The molecule has 0 rings (SSSR count). The Morgan fingerprint density at radius 1 is 0.667 bits per heavy atom. The van der Waals surface area contributed by atoms with Crippen molar-refractivity contribution in [3.63, 3.8) is 0 Å². The molecule has 24 heavy (non-hydrogen) atoms. The zero-order valence-electron chi connectivity index (χ0n) is 17.4. The van der Waals surface area contributed by atoms with Crippen LogP contribution in [0.3, 0.4) is 0 Å². The van der Waals surface area contributed by atoms with Gasteiger partial charge in [-0.05, 0) is 25.7 Å². The molecule has 0 amide bonds. The van der Waals surface area contributed by atoms with E-state index in [0.29, 0.717) is 0 Å². The standard InChI is InChI=1S/C18H40N.H2O4S/c1-5-7-9-11-12-14-16-18-19(3,4)17-15-13-10-8-6-2;1-5(2,3)4/h5-18H2,1-4H3;(H2,1,2,3,4)/q+1;/p-1. The van der Waals surface area contributed by atoms with Gasteiger partial charge in [0.1, 0.15) is 0 Å². The monoisotopic (exact) mass is 367 g/mol. The molecule has 0 saturated heterocycles. The van der Waals surface area contributed by atoms with Gasteiger partial charge < -0.3 is 13.6 Å². The van der Waals surface area contributed by atoms with Gasteiger partial charge in [-0.2, -0.15) is 0 Å². The fraction of sp³-hybridized carbons (Fsp3) is 1.00. The van der Waals surface area contributed by atoms with Crippen molar-refractivity contribution in [1.29, 1.82) is 0 Å². The molecule has 5 nitrogen and oxygen atoms in total. The lowest BCUT2D eigenvalue weighted by molar-refractivity contribution is -0.890. The maximum atomic E-state index is 8.52. The van der Waals surface area contributed by atoms with Crippen molar-refractivity contribution in [2.24, 2.45) is 0 Å². The van der Waals surface area contributed by atoms with E-state index < -0.39 is 10.4 Å². The normalized spacial score (nSPS) is 11.9. The van der Waals surface area contributed by atoms with Crippen molar-refractivity contribution in [2.45, 2.75) is 90.9 Å². The lowest BCUT2D eigenvalue weighted by atomic mass is 10.1. The van der Waals surface area contributed by atoms with Gasteiger partial charge in [-0.15, -0.1) is 0 Å². The molecule has 6 heteroatoms. The number of hydrogen-bond acceptors (Lipinski definition) is 4. The van der Waals surface area contributed by atoms with Crippen molar-refractivity contribution in [2.75, 3.05) is 27.2 Å². The van der Waals surface area contributed by atoms with Crippen LogP contribution in [-0.4, -0.2) is 49.2 Å². The minimum atomic E-state index is -5.17. The maximum Gasteiger partial charge on any atom is 1.00 e. The minimum absolute atomic E-state index is 0. The molecular formula is C18H41NO4S. The topological polar surface area (TPSA) is 80.3 Å². The van der Waals surface area contributed by atoms with Crippen LogP contribution in [0.2, 0.25) is 0 Å². The highest BCUT2D eigenvalue weighted by atomic mass is 32.3. The Labute approximate surface area is 152 Å². The van der Waals surface area contributed by atoms with Gasteiger partial charge in [0.25, 0.3) is 0 Å². The first-order valence-electron chi connectivity index (χ1n) is 9.61. The molecule has 0 bridgehead atoms. The van der Waals surface area contributed by atoms with Gasteiger partial charge in [-0.3, -0.25) is 8.42 Å². The molecule has 148 valence electrons. The van der Waals surface area contributed by atoms with E-state index in [1.54, 1.807) is 0 Å². The summed E-state index contributed by atoms with van der Waals surface area (Å²) >= 11 is 0. The summed E-state index contributed by atoms with van der Waals surface area (Å²) in [6.45, 7) is 7.34. The number of hydrogen-bond donors (Lipinski definition) is 0. The third kappa shape index (κ3) is 29.8. The van der Waals surface area contributed by atoms with Crippen LogP contribution in [0.4, 0.5) is 0 Å². The molecule has 0 aliphatic rings. The van der Waals surface area contributed by atoms with Crippen LogP contribution in [0.5, 0.6) is 0 Å². The minimum Gasteiger partial charge on any atom is -0.759 e. The molecule has 0 N–H and O–H groups in total. The average molecular weight is 368 g/mol.